The van der Waals surface area contributed by atoms with Crippen LogP contribution in [0.4, 0.5) is 0 Å². The van der Waals surface area contributed by atoms with Crippen LogP contribution < -0.4 is 11.1 Å². The molecule has 1 aromatic rings. The molecule has 0 atom stereocenters. The molecule has 0 aliphatic carbocycles. The topological polar surface area (TPSA) is 58.4 Å². The van der Waals surface area contributed by atoms with Crippen LogP contribution in [-0.2, 0) is 17.9 Å². The van der Waals surface area contributed by atoms with E-state index in [-0.39, 0.29) is 12.5 Å². The first-order valence-electron chi connectivity index (χ1n) is 5.88. The monoisotopic (exact) mass is 235 g/mol. The van der Waals surface area contributed by atoms with Crippen LogP contribution in [-0.4, -0.2) is 30.9 Å². The maximum absolute atomic E-state index is 11.0. The van der Waals surface area contributed by atoms with Gasteiger partial charge in [-0.3, -0.25) is 4.79 Å². The number of nitrogens with two attached hydrogens (primary N) is 1. The quantitative estimate of drug-likeness (QED) is 0.763. The summed E-state index contributed by atoms with van der Waals surface area (Å²) in [7, 11) is 2.09. The fraction of sp³-hybridized carbons (Fsp3) is 0.462. The third-order valence-corrected chi connectivity index (χ3v) is 2.66. The number of nitrogens with one attached hydrogen (secondary N) is 1. The molecule has 4 nitrogen and oxygen atoms in total. The lowest BCUT2D eigenvalue weighted by Crippen LogP contribution is -2.29. The summed E-state index contributed by atoms with van der Waals surface area (Å²) in [6.45, 7) is 4.66. The van der Waals surface area contributed by atoms with Crippen molar-refractivity contribution < 1.29 is 4.79 Å². The van der Waals surface area contributed by atoms with Crippen molar-refractivity contribution in [1.29, 1.82) is 0 Å². The summed E-state index contributed by atoms with van der Waals surface area (Å²) < 4.78 is 0. The van der Waals surface area contributed by atoms with E-state index in [0.717, 1.165) is 18.7 Å². The molecule has 0 saturated heterocycles. The highest BCUT2D eigenvalue weighted by atomic mass is 16.1. The van der Waals surface area contributed by atoms with E-state index < -0.39 is 0 Å². The lowest BCUT2D eigenvalue weighted by atomic mass is 10.1. The van der Waals surface area contributed by atoms with Crippen molar-refractivity contribution in [2.75, 3.05) is 20.1 Å². The molecule has 0 heterocycles. The Kier molecular flexibility index (Phi) is 5.66. The standard InChI is InChI=1S/C13H21N3O/c1-3-16(2)10-12-6-4-5-11(7-12)9-15-13(17)8-14/h4-7H,3,8-10,14H2,1-2H3,(H,15,17). The van der Waals surface area contributed by atoms with Crippen molar-refractivity contribution in [3.05, 3.63) is 35.4 Å². The van der Waals surface area contributed by atoms with Crippen LogP contribution in [0.1, 0.15) is 18.1 Å². The van der Waals surface area contributed by atoms with Gasteiger partial charge in [0.15, 0.2) is 0 Å². The van der Waals surface area contributed by atoms with Crippen molar-refractivity contribution in [1.82, 2.24) is 10.2 Å². The van der Waals surface area contributed by atoms with Gasteiger partial charge in [-0.05, 0) is 24.7 Å². The summed E-state index contributed by atoms with van der Waals surface area (Å²) >= 11 is 0. The largest absolute Gasteiger partial charge is 0.351 e. The molecule has 1 rings (SSSR count). The number of benzene rings is 1. The van der Waals surface area contributed by atoms with Crippen LogP contribution in [0.15, 0.2) is 24.3 Å². The summed E-state index contributed by atoms with van der Waals surface area (Å²) in [4.78, 5) is 13.3. The Morgan fingerprint density at radius 2 is 2.12 bits per heavy atom. The van der Waals surface area contributed by atoms with E-state index in [1.54, 1.807) is 0 Å². The highest BCUT2D eigenvalue weighted by molar-refractivity contribution is 5.77. The Morgan fingerprint density at radius 1 is 1.41 bits per heavy atom. The number of hydrogen-bond donors (Lipinski definition) is 2. The predicted molar refractivity (Wildman–Crippen MR) is 69.4 cm³/mol. The first-order chi connectivity index (χ1) is 8.15. The molecule has 0 spiro atoms. The molecule has 0 aliphatic rings. The molecule has 1 aromatic carbocycles. The summed E-state index contributed by atoms with van der Waals surface area (Å²) in [5.74, 6) is -0.124. The molecular formula is C13H21N3O. The van der Waals surface area contributed by atoms with Gasteiger partial charge in [0.25, 0.3) is 0 Å². The van der Waals surface area contributed by atoms with Crippen molar-refractivity contribution in [2.24, 2.45) is 5.73 Å². The minimum atomic E-state index is -0.124. The molecule has 0 aromatic heterocycles. The predicted octanol–water partition coefficient (Wildman–Crippen LogP) is 0.713. The zero-order valence-corrected chi connectivity index (χ0v) is 10.6. The third-order valence-electron chi connectivity index (χ3n) is 2.66. The first-order valence-corrected chi connectivity index (χ1v) is 5.88. The van der Waals surface area contributed by atoms with Crippen molar-refractivity contribution >= 4 is 5.91 Å². The van der Waals surface area contributed by atoms with Gasteiger partial charge >= 0.3 is 0 Å². The second-order valence-electron chi connectivity index (χ2n) is 4.13. The number of amides is 1. The lowest BCUT2D eigenvalue weighted by molar-refractivity contribution is -0.119. The molecule has 94 valence electrons. The SMILES string of the molecule is CCN(C)Cc1cccc(CNC(=O)CN)c1. The Bertz CT molecular complexity index is 365. The Labute approximate surface area is 103 Å². The van der Waals surface area contributed by atoms with Crippen LogP contribution >= 0.6 is 0 Å². The fourth-order valence-corrected chi connectivity index (χ4v) is 1.53. The maximum Gasteiger partial charge on any atom is 0.234 e. The zero-order valence-electron chi connectivity index (χ0n) is 10.6. The van der Waals surface area contributed by atoms with Crippen molar-refractivity contribution in [3.63, 3.8) is 0 Å². The van der Waals surface area contributed by atoms with Crippen molar-refractivity contribution in [3.8, 4) is 0 Å². The number of hydrogen-bond acceptors (Lipinski definition) is 3. The Hall–Kier alpha value is -1.39. The molecule has 17 heavy (non-hydrogen) atoms. The van der Waals surface area contributed by atoms with Gasteiger partial charge in [0.2, 0.25) is 5.91 Å². The van der Waals surface area contributed by atoms with Gasteiger partial charge in [0, 0.05) is 13.1 Å². The van der Waals surface area contributed by atoms with Crippen LogP contribution in [0.2, 0.25) is 0 Å². The number of nitrogens with zero attached hydrogens (tertiary/aromatic N) is 1. The highest BCUT2D eigenvalue weighted by Gasteiger charge is 2.01. The molecule has 0 aliphatic heterocycles. The Balaban J connectivity index is 2.56. The first kappa shape index (κ1) is 13.7. The molecule has 0 fully saturated rings. The summed E-state index contributed by atoms with van der Waals surface area (Å²) in [6.07, 6.45) is 0. The van der Waals surface area contributed by atoms with E-state index in [0.29, 0.717) is 6.54 Å². The number of carbonyl (C=O) groups excluding carboxylic acids is 1. The molecule has 4 heteroatoms. The van der Waals surface area contributed by atoms with Gasteiger partial charge in [-0.15, -0.1) is 0 Å². The smallest absolute Gasteiger partial charge is 0.234 e. The van der Waals surface area contributed by atoms with Crippen LogP contribution in [0.25, 0.3) is 0 Å². The number of rotatable bonds is 6. The van der Waals surface area contributed by atoms with Gasteiger partial charge in [-0.25, -0.2) is 0 Å². The molecule has 0 bridgehead atoms. The average Bonchev–Trinajstić information content (AvgIpc) is 2.36. The van der Waals surface area contributed by atoms with Gasteiger partial charge in [0.1, 0.15) is 0 Å². The van der Waals surface area contributed by atoms with E-state index >= 15 is 0 Å². The van der Waals surface area contributed by atoms with Crippen LogP contribution in [0, 0.1) is 0 Å². The van der Waals surface area contributed by atoms with Gasteiger partial charge in [-0.2, -0.15) is 0 Å². The molecular weight excluding hydrogens is 214 g/mol. The maximum atomic E-state index is 11.0. The average molecular weight is 235 g/mol. The molecule has 0 radical (unpaired) electrons. The summed E-state index contributed by atoms with van der Waals surface area (Å²) in [5.41, 5.74) is 7.59. The van der Waals surface area contributed by atoms with Crippen molar-refractivity contribution in [2.45, 2.75) is 20.0 Å². The summed E-state index contributed by atoms with van der Waals surface area (Å²) in [5, 5.41) is 2.77. The van der Waals surface area contributed by atoms with E-state index in [4.69, 9.17) is 5.73 Å². The van der Waals surface area contributed by atoms with E-state index in [2.05, 4.69) is 36.3 Å². The minimum absolute atomic E-state index is 0.0399. The van der Waals surface area contributed by atoms with E-state index in [1.165, 1.54) is 5.56 Å². The highest BCUT2D eigenvalue weighted by Crippen LogP contribution is 2.07. The molecule has 0 unspecified atom stereocenters. The van der Waals surface area contributed by atoms with E-state index in [9.17, 15) is 4.79 Å². The third kappa shape index (κ3) is 4.97. The molecule has 1 amide bonds. The molecule has 3 N–H and O–H groups in total. The van der Waals surface area contributed by atoms with E-state index in [1.807, 2.05) is 12.1 Å². The molecule has 0 saturated carbocycles. The van der Waals surface area contributed by atoms with Crippen LogP contribution in [0.5, 0.6) is 0 Å². The summed E-state index contributed by atoms with van der Waals surface area (Å²) in [6, 6.07) is 8.23. The lowest BCUT2D eigenvalue weighted by Gasteiger charge is -2.14. The fourth-order valence-electron chi connectivity index (χ4n) is 1.53. The van der Waals surface area contributed by atoms with Gasteiger partial charge in [0.05, 0.1) is 6.54 Å². The zero-order chi connectivity index (χ0) is 12.7. The normalized spacial score (nSPS) is 10.6. The Morgan fingerprint density at radius 3 is 2.76 bits per heavy atom. The van der Waals surface area contributed by atoms with Gasteiger partial charge < -0.3 is 16.0 Å². The second kappa shape index (κ2) is 7.04. The van der Waals surface area contributed by atoms with Gasteiger partial charge in [-0.1, -0.05) is 31.2 Å². The minimum Gasteiger partial charge on any atom is -0.351 e. The second-order valence-corrected chi connectivity index (χ2v) is 4.13. The van der Waals surface area contributed by atoms with Crippen LogP contribution in [0.3, 0.4) is 0 Å². The number of carbonyl (C=O) groups is 1.